The van der Waals surface area contributed by atoms with Gasteiger partial charge in [0.1, 0.15) is 11.6 Å². The zero-order valence-electron chi connectivity index (χ0n) is 10.5. The predicted molar refractivity (Wildman–Crippen MR) is 72.8 cm³/mol. The number of hydrogen-bond donors (Lipinski definition) is 1. The van der Waals surface area contributed by atoms with Gasteiger partial charge in [0.2, 0.25) is 5.43 Å². The SMILES string of the molecule is CCN(CC)c1ccc2[nH]cc(C#N)c(=O)c2c1. The number of hydrogen-bond acceptors (Lipinski definition) is 3. The second-order valence-electron chi connectivity index (χ2n) is 4.05. The van der Waals surface area contributed by atoms with Gasteiger partial charge in [0.25, 0.3) is 0 Å². The van der Waals surface area contributed by atoms with Crippen LogP contribution in [0.3, 0.4) is 0 Å². The number of aromatic amines is 1. The lowest BCUT2D eigenvalue weighted by molar-refractivity contribution is 0.867. The number of aromatic nitrogens is 1. The van der Waals surface area contributed by atoms with Crippen molar-refractivity contribution in [2.75, 3.05) is 18.0 Å². The van der Waals surface area contributed by atoms with Crippen molar-refractivity contribution in [2.24, 2.45) is 0 Å². The molecule has 0 amide bonds. The highest BCUT2D eigenvalue weighted by Crippen LogP contribution is 2.18. The van der Waals surface area contributed by atoms with Gasteiger partial charge < -0.3 is 9.88 Å². The minimum Gasteiger partial charge on any atom is -0.372 e. The van der Waals surface area contributed by atoms with E-state index in [0.717, 1.165) is 24.3 Å². The normalized spacial score (nSPS) is 10.3. The fraction of sp³-hybridized carbons (Fsp3) is 0.286. The molecule has 1 aromatic carbocycles. The Balaban J connectivity index is 2.67. The van der Waals surface area contributed by atoms with E-state index < -0.39 is 0 Å². The van der Waals surface area contributed by atoms with Crippen molar-refractivity contribution < 1.29 is 0 Å². The summed E-state index contributed by atoms with van der Waals surface area (Å²) < 4.78 is 0. The Morgan fingerprint density at radius 2 is 2.06 bits per heavy atom. The van der Waals surface area contributed by atoms with Crippen LogP contribution >= 0.6 is 0 Å². The van der Waals surface area contributed by atoms with E-state index in [4.69, 9.17) is 5.26 Å². The number of fused-ring (bicyclic) bond motifs is 1. The molecule has 0 aliphatic heterocycles. The number of rotatable bonds is 3. The van der Waals surface area contributed by atoms with Gasteiger partial charge in [-0.05, 0) is 32.0 Å². The Morgan fingerprint density at radius 1 is 1.33 bits per heavy atom. The first-order valence-corrected chi connectivity index (χ1v) is 6.01. The topological polar surface area (TPSA) is 59.9 Å². The van der Waals surface area contributed by atoms with Crippen LogP contribution in [0.1, 0.15) is 19.4 Å². The Kier molecular flexibility index (Phi) is 3.33. The van der Waals surface area contributed by atoms with Crippen LogP contribution in [0, 0.1) is 11.3 Å². The van der Waals surface area contributed by atoms with Crippen LogP contribution in [0.2, 0.25) is 0 Å². The van der Waals surface area contributed by atoms with Gasteiger partial charge in [0.05, 0.1) is 0 Å². The average molecular weight is 241 g/mol. The molecule has 0 aliphatic rings. The third-order valence-electron chi connectivity index (χ3n) is 3.11. The van der Waals surface area contributed by atoms with Crippen LogP contribution in [0.15, 0.2) is 29.2 Å². The van der Waals surface area contributed by atoms with Gasteiger partial charge in [0, 0.05) is 35.9 Å². The summed E-state index contributed by atoms with van der Waals surface area (Å²) in [6.07, 6.45) is 1.46. The second-order valence-corrected chi connectivity index (χ2v) is 4.05. The summed E-state index contributed by atoms with van der Waals surface area (Å²) in [5.41, 5.74) is 1.71. The van der Waals surface area contributed by atoms with Crippen molar-refractivity contribution in [3.05, 3.63) is 40.2 Å². The molecule has 0 aliphatic carbocycles. The molecule has 1 N–H and O–H groups in total. The van der Waals surface area contributed by atoms with Crippen molar-refractivity contribution in [3.8, 4) is 6.07 Å². The van der Waals surface area contributed by atoms with Crippen molar-refractivity contribution in [3.63, 3.8) is 0 Å². The van der Waals surface area contributed by atoms with Gasteiger partial charge in [0.15, 0.2) is 0 Å². The van der Waals surface area contributed by atoms with Gasteiger partial charge in [-0.1, -0.05) is 0 Å². The lowest BCUT2D eigenvalue weighted by Crippen LogP contribution is -2.22. The largest absolute Gasteiger partial charge is 0.372 e. The van der Waals surface area contributed by atoms with Crippen molar-refractivity contribution in [1.29, 1.82) is 5.26 Å². The van der Waals surface area contributed by atoms with Gasteiger partial charge in [-0.3, -0.25) is 4.79 Å². The van der Waals surface area contributed by atoms with E-state index in [9.17, 15) is 4.79 Å². The van der Waals surface area contributed by atoms with E-state index in [1.165, 1.54) is 6.20 Å². The maximum atomic E-state index is 12.0. The lowest BCUT2D eigenvalue weighted by Gasteiger charge is -2.21. The molecule has 2 aromatic rings. The second kappa shape index (κ2) is 4.92. The summed E-state index contributed by atoms with van der Waals surface area (Å²) in [6.45, 7) is 5.92. The molecule has 18 heavy (non-hydrogen) atoms. The molecule has 0 bridgehead atoms. The highest BCUT2D eigenvalue weighted by Gasteiger charge is 2.07. The zero-order valence-corrected chi connectivity index (χ0v) is 10.5. The molecular weight excluding hydrogens is 226 g/mol. The van der Waals surface area contributed by atoms with Gasteiger partial charge >= 0.3 is 0 Å². The maximum absolute atomic E-state index is 12.0. The Morgan fingerprint density at radius 3 is 2.67 bits per heavy atom. The first-order chi connectivity index (χ1) is 8.71. The molecule has 1 heterocycles. The Labute approximate surface area is 105 Å². The molecule has 1 aromatic heterocycles. The summed E-state index contributed by atoms with van der Waals surface area (Å²) >= 11 is 0. The number of nitrogens with one attached hydrogen (secondary N) is 1. The molecule has 2 rings (SSSR count). The van der Waals surface area contributed by atoms with Gasteiger partial charge in [-0.25, -0.2) is 0 Å². The van der Waals surface area contributed by atoms with Crippen LogP contribution in [-0.4, -0.2) is 18.1 Å². The smallest absolute Gasteiger partial charge is 0.207 e. The van der Waals surface area contributed by atoms with E-state index >= 15 is 0 Å². The highest BCUT2D eigenvalue weighted by molar-refractivity contribution is 5.83. The number of nitrogens with zero attached hydrogens (tertiary/aromatic N) is 2. The molecule has 0 saturated carbocycles. The summed E-state index contributed by atoms with van der Waals surface area (Å²) in [7, 11) is 0. The van der Waals surface area contributed by atoms with Crippen molar-refractivity contribution >= 4 is 16.6 Å². The van der Waals surface area contributed by atoms with Crippen LogP contribution in [0.4, 0.5) is 5.69 Å². The van der Waals surface area contributed by atoms with Crippen molar-refractivity contribution in [2.45, 2.75) is 13.8 Å². The highest BCUT2D eigenvalue weighted by atomic mass is 16.1. The van der Waals surface area contributed by atoms with Crippen molar-refractivity contribution in [1.82, 2.24) is 4.98 Å². The molecule has 4 heteroatoms. The fourth-order valence-corrected chi connectivity index (χ4v) is 2.08. The molecule has 0 atom stereocenters. The van der Waals surface area contributed by atoms with Crippen LogP contribution in [0.5, 0.6) is 0 Å². The van der Waals surface area contributed by atoms with E-state index in [0.29, 0.717) is 5.39 Å². The summed E-state index contributed by atoms with van der Waals surface area (Å²) in [6, 6.07) is 7.62. The fourth-order valence-electron chi connectivity index (χ4n) is 2.08. The third kappa shape index (κ3) is 1.95. The first-order valence-electron chi connectivity index (χ1n) is 6.01. The molecular formula is C14H15N3O. The third-order valence-corrected chi connectivity index (χ3v) is 3.11. The number of nitriles is 1. The maximum Gasteiger partial charge on any atom is 0.207 e. The standard InChI is InChI=1S/C14H15N3O/c1-3-17(4-2)11-5-6-13-12(7-11)14(18)10(8-15)9-16-13/h5-7,9H,3-4H2,1-2H3,(H,16,18). The predicted octanol–water partition coefficient (Wildman–Crippen LogP) is 2.25. The molecule has 0 unspecified atom stereocenters. The monoisotopic (exact) mass is 241 g/mol. The van der Waals surface area contributed by atoms with Gasteiger partial charge in [-0.15, -0.1) is 0 Å². The summed E-state index contributed by atoms with van der Waals surface area (Å²) in [5, 5.41) is 9.44. The molecule has 0 fully saturated rings. The first kappa shape index (κ1) is 12.2. The minimum absolute atomic E-state index is 0.152. The molecule has 92 valence electrons. The quantitative estimate of drug-likeness (QED) is 0.896. The van der Waals surface area contributed by atoms with Crippen LogP contribution in [0.25, 0.3) is 10.9 Å². The molecule has 0 saturated heterocycles. The lowest BCUT2D eigenvalue weighted by atomic mass is 10.1. The molecule has 0 spiro atoms. The summed E-state index contributed by atoms with van der Waals surface area (Å²) in [5.74, 6) is 0. The Hall–Kier alpha value is -2.28. The van der Waals surface area contributed by atoms with Crippen LogP contribution < -0.4 is 10.3 Å². The van der Waals surface area contributed by atoms with E-state index in [1.54, 1.807) is 0 Å². The molecule has 4 nitrogen and oxygen atoms in total. The number of H-pyrrole nitrogens is 1. The van der Waals surface area contributed by atoms with E-state index in [-0.39, 0.29) is 11.0 Å². The minimum atomic E-state index is -0.208. The summed E-state index contributed by atoms with van der Waals surface area (Å²) in [4.78, 5) is 17.2. The van der Waals surface area contributed by atoms with E-state index in [2.05, 4.69) is 23.7 Å². The average Bonchev–Trinajstić information content (AvgIpc) is 2.41. The van der Waals surface area contributed by atoms with Gasteiger partial charge in [-0.2, -0.15) is 5.26 Å². The zero-order chi connectivity index (χ0) is 13.1. The Bertz CT molecular complexity index is 663. The number of benzene rings is 1. The number of pyridine rings is 1. The van der Waals surface area contributed by atoms with Crippen LogP contribution in [-0.2, 0) is 0 Å². The molecule has 0 radical (unpaired) electrons. The number of anilines is 1. The van der Waals surface area contributed by atoms with E-state index in [1.807, 2.05) is 24.3 Å².